The van der Waals surface area contributed by atoms with Gasteiger partial charge in [0, 0.05) is 37.6 Å². The number of amides is 3. The van der Waals surface area contributed by atoms with Crippen molar-refractivity contribution in [2.45, 2.75) is 109 Å². The first-order valence-electron chi connectivity index (χ1n) is 16.3. The first-order valence-corrected chi connectivity index (χ1v) is 16.3. The molecule has 0 radical (unpaired) electrons. The summed E-state index contributed by atoms with van der Waals surface area (Å²) in [6.45, 7) is 8.11. The maximum atomic E-state index is 14.1. The number of fused-ring (bicyclic) bond motifs is 3. The Balaban J connectivity index is 1.32. The lowest BCUT2D eigenvalue weighted by molar-refractivity contribution is -0.148. The molecule has 8 heteroatoms. The Hall–Kier alpha value is -2.48. The summed E-state index contributed by atoms with van der Waals surface area (Å²) in [6, 6.07) is 5.68. The number of nitrogens with zero attached hydrogens (tertiary/aromatic N) is 2. The molecule has 0 unspecified atom stereocenters. The first-order chi connectivity index (χ1) is 19.9. The zero-order valence-electron chi connectivity index (χ0n) is 26.1. The van der Waals surface area contributed by atoms with E-state index in [1.165, 1.54) is 18.6 Å². The highest BCUT2D eigenvalue weighted by atomic mass is 19.1. The van der Waals surface area contributed by atoms with Crippen molar-refractivity contribution < 1.29 is 18.8 Å². The van der Waals surface area contributed by atoms with Gasteiger partial charge in [-0.15, -0.1) is 0 Å². The fourth-order valence-corrected chi connectivity index (χ4v) is 8.38. The molecule has 1 aromatic carbocycles. The van der Waals surface area contributed by atoms with Gasteiger partial charge in [0.05, 0.1) is 11.3 Å². The molecular formula is C34H51FN4O3. The highest BCUT2D eigenvalue weighted by molar-refractivity contribution is 5.90. The van der Waals surface area contributed by atoms with Gasteiger partial charge in [-0.3, -0.25) is 14.4 Å². The van der Waals surface area contributed by atoms with Crippen molar-refractivity contribution in [2.75, 3.05) is 26.7 Å². The average molecular weight is 583 g/mol. The molecular weight excluding hydrogens is 531 g/mol. The lowest BCUT2D eigenvalue weighted by Gasteiger charge is -2.48. The maximum absolute atomic E-state index is 14.1. The van der Waals surface area contributed by atoms with Crippen LogP contribution in [-0.2, 0) is 20.8 Å². The number of carbonyl (C=O) groups excluding carboxylic acids is 3. The normalized spacial score (nSPS) is 27.4. The fraction of sp³-hybridized carbons (Fsp3) is 0.735. The monoisotopic (exact) mass is 582 g/mol. The summed E-state index contributed by atoms with van der Waals surface area (Å²) < 4.78 is 13.7. The maximum Gasteiger partial charge on any atom is 0.245 e. The molecule has 7 nitrogen and oxygen atoms in total. The molecule has 4 atom stereocenters. The molecule has 2 bridgehead atoms. The Morgan fingerprint density at radius 2 is 1.67 bits per heavy atom. The van der Waals surface area contributed by atoms with Crippen LogP contribution >= 0.6 is 0 Å². The van der Waals surface area contributed by atoms with Gasteiger partial charge in [0.1, 0.15) is 11.9 Å². The van der Waals surface area contributed by atoms with E-state index >= 15 is 0 Å². The molecule has 0 spiro atoms. The quantitative estimate of drug-likeness (QED) is 0.489. The van der Waals surface area contributed by atoms with Crippen LogP contribution in [0, 0.1) is 29.0 Å². The Labute approximate surface area is 251 Å². The van der Waals surface area contributed by atoms with E-state index in [-0.39, 0.29) is 41.0 Å². The predicted molar refractivity (Wildman–Crippen MR) is 162 cm³/mol. The highest BCUT2D eigenvalue weighted by Gasteiger charge is 2.49. The van der Waals surface area contributed by atoms with Crippen LogP contribution in [0.25, 0.3) is 0 Å². The number of rotatable bonds is 7. The van der Waals surface area contributed by atoms with Crippen LogP contribution in [0.4, 0.5) is 4.39 Å². The van der Waals surface area contributed by atoms with Crippen molar-refractivity contribution >= 4 is 17.7 Å². The number of halogens is 1. The molecule has 6 rings (SSSR count). The molecule has 0 aromatic heterocycles. The van der Waals surface area contributed by atoms with E-state index < -0.39 is 11.5 Å². The smallest absolute Gasteiger partial charge is 0.245 e. The topological polar surface area (TPSA) is 81.8 Å². The highest BCUT2D eigenvalue weighted by Crippen LogP contribution is 2.46. The van der Waals surface area contributed by atoms with E-state index in [2.05, 4.69) is 22.6 Å². The Kier molecular flexibility index (Phi) is 9.31. The summed E-state index contributed by atoms with van der Waals surface area (Å²) in [5, 5.41) is 6.44. The Morgan fingerprint density at radius 3 is 2.26 bits per heavy atom. The second kappa shape index (κ2) is 12.6. The van der Waals surface area contributed by atoms with Gasteiger partial charge in [-0.2, -0.15) is 0 Å². The zero-order chi connectivity index (χ0) is 30.1. The number of benzene rings is 1. The van der Waals surface area contributed by atoms with Crippen molar-refractivity contribution in [2.24, 2.45) is 23.2 Å². The largest absolute Gasteiger partial charge is 0.351 e. The summed E-state index contributed by atoms with van der Waals surface area (Å²) >= 11 is 0. The van der Waals surface area contributed by atoms with Crippen LogP contribution in [0.5, 0.6) is 0 Å². The minimum absolute atomic E-state index is 0.0465. The Morgan fingerprint density at radius 1 is 1.00 bits per heavy atom. The minimum atomic E-state index is -0.723. The van der Waals surface area contributed by atoms with Crippen molar-refractivity contribution in [1.82, 2.24) is 20.4 Å². The van der Waals surface area contributed by atoms with E-state index in [9.17, 15) is 18.8 Å². The number of piperidine rings is 3. The van der Waals surface area contributed by atoms with Crippen LogP contribution in [0.2, 0.25) is 0 Å². The molecule has 42 heavy (non-hydrogen) atoms. The molecule has 5 fully saturated rings. The molecule has 3 amide bonds. The molecule has 2 N–H and O–H groups in total. The van der Waals surface area contributed by atoms with Crippen molar-refractivity contribution in [3.05, 3.63) is 35.6 Å². The summed E-state index contributed by atoms with van der Waals surface area (Å²) in [4.78, 5) is 45.8. The molecule has 1 aromatic rings. The molecule has 232 valence electrons. The Bertz CT molecular complexity index is 1120. The van der Waals surface area contributed by atoms with Crippen molar-refractivity contribution in [3.63, 3.8) is 0 Å². The molecule has 3 saturated heterocycles. The molecule has 2 aliphatic carbocycles. The van der Waals surface area contributed by atoms with Crippen molar-refractivity contribution in [1.29, 1.82) is 0 Å². The second-order valence-electron chi connectivity index (χ2n) is 14.7. The summed E-state index contributed by atoms with van der Waals surface area (Å²) in [5.74, 6) is 0.394. The van der Waals surface area contributed by atoms with E-state index in [1.807, 2.05) is 25.7 Å². The van der Waals surface area contributed by atoms with Gasteiger partial charge in [-0.1, -0.05) is 31.4 Å². The number of carbonyl (C=O) groups is 3. The number of hydrogen-bond acceptors (Lipinski definition) is 4. The third-order valence-corrected chi connectivity index (χ3v) is 10.6. The van der Waals surface area contributed by atoms with Crippen LogP contribution in [0.3, 0.4) is 0 Å². The predicted octanol–water partition coefficient (Wildman–Crippen LogP) is 4.69. The van der Waals surface area contributed by atoms with Crippen LogP contribution in [0.1, 0.15) is 90.5 Å². The fourth-order valence-electron chi connectivity index (χ4n) is 8.38. The van der Waals surface area contributed by atoms with Crippen LogP contribution < -0.4 is 10.6 Å². The number of nitrogens with one attached hydrogen (secondary N) is 2. The average Bonchev–Trinajstić information content (AvgIpc) is 2.97. The number of likely N-dealkylation sites (tertiary alicyclic amines) is 1. The lowest BCUT2D eigenvalue weighted by atomic mass is 9.63. The van der Waals surface area contributed by atoms with Gasteiger partial charge in [0.15, 0.2) is 0 Å². The van der Waals surface area contributed by atoms with E-state index in [0.717, 1.165) is 57.1 Å². The number of hydrogen-bond donors (Lipinski definition) is 2. The van der Waals surface area contributed by atoms with Gasteiger partial charge in [-0.05, 0) is 102 Å². The summed E-state index contributed by atoms with van der Waals surface area (Å²) in [5.41, 5.74) is 0.0325. The SMILES string of the molecule is CN1C[C@@H]2CC[C@H]1[C@H](C(=O)N[C@H](Cc1ccc(F)cc1)C(=O)N1CCC(C(=O)NC(C)(C)C)(C3CCCCC3)CC1)C2. The van der Waals surface area contributed by atoms with Crippen molar-refractivity contribution in [3.8, 4) is 0 Å². The summed E-state index contributed by atoms with van der Waals surface area (Å²) in [6.07, 6.45) is 10.3. The molecule has 5 aliphatic rings. The summed E-state index contributed by atoms with van der Waals surface area (Å²) in [7, 11) is 2.10. The molecule has 2 saturated carbocycles. The standard InChI is InChI=1S/C34H51FN4O3/c1-33(2,3)37-32(42)34(25-8-6-5-7-9-25)16-18-39(19-17-34)31(41)28(21-23-10-13-26(35)14-11-23)36-30(40)27-20-24-12-15-29(27)38(4)22-24/h10-11,13-14,24-25,27-29H,5-9,12,15-22H2,1-4H3,(H,36,40)(H,37,42)/t24-,27-,28-,29+/m1/s1. The van der Waals surface area contributed by atoms with Gasteiger partial charge in [-0.25, -0.2) is 4.39 Å². The second-order valence-corrected chi connectivity index (χ2v) is 14.7. The van der Waals surface area contributed by atoms with Crippen LogP contribution in [0.15, 0.2) is 24.3 Å². The van der Waals surface area contributed by atoms with E-state index in [4.69, 9.17) is 0 Å². The van der Waals surface area contributed by atoms with E-state index in [1.54, 1.807) is 12.1 Å². The van der Waals surface area contributed by atoms with Gasteiger partial charge in [0.2, 0.25) is 17.7 Å². The van der Waals surface area contributed by atoms with Gasteiger partial charge in [0.25, 0.3) is 0 Å². The van der Waals surface area contributed by atoms with Crippen LogP contribution in [-0.4, -0.2) is 71.8 Å². The van der Waals surface area contributed by atoms with Gasteiger partial charge >= 0.3 is 0 Å². The molecule has 3 heterocycles. The third-order valence-electron chi connectivity index (χ3n) is 10.6. The lowest BCUT2D eigenvalue weighted by Crippen LogP contribution is -2.60. The minimum Gasteiger partial charge on any atom is -0.351 e. The van der Waals surface area contributed by atoms with Gasteiger partial charge < -0.3 is 20.4 Å². The molecule has 3 aliphatic heterocycles. The first kappa shape index (κ1) is 31.0. The third kappa shape index (κ3) is 6.84. The van der Waals surface area contributed by atoms with E-state index in [0.29, 0.717) is 44.2 Å². The zero-order valence-corrected chi connectivity index (χ0v) is 26.1.